The van der Waals surface area contributed by atoms with Crippen LogP contribution in [0, 0.1) is 11.7 Å². The molecule has 1 aliphatic heterocycles. The van der Waals surface area contributed by atoms with Gasteiger partial charge in [0.1, 0.15) is 8.24 Å². The van der Waals surface area contributed by atoms with Crippen molar-refractivity contribution in [3.05, 3.63) is 60.2 Å². The van der Waals surface area contributed by atoms with Gasteiger partial charge in [0.25, 0.3) is 0 Å². The Labute approximate surface area is 130 Å². The third-order valence-corrected chi connectivity index (χ3v) is 9.96. The van der Waals surface area contributed by atoms with Crippen LogP contribution in [0.3, 0.4) is 0 Å². The second kappa shape index (κ2) is 5.99. The van der Waals surface area contributed by atoms with Crippen molar-refractivity contribution in [1.82, 2.24) is 4.48 Å². The Kier molecular flexibility index (Phi) is 4.49. The minimum atomic E-state index is -1.61. The third kappa shape index (κ3) is 3.51. The molecule has 1 aliphatic rings. The Morgan fingerprint density at radius 2 is 1.71 bits per heavy atom. The Morgan fingerprint density at radius 1 is 1.05 bits per heavy atom. The lowest BCUT2D eigenvalue weighted by Gasteiger charge is -2.47. The lowest BCUT2D eigenvalue weighted by Crippen LogP contribution is -2.58. The molecule has 1 aromatic carbocycles. The highest BCUT2D eigenvalue weighted by Crippen LogP contribution is 2.39. The van der Waals surface area contributed by atoms with E-state index in [0.717, 1.165) is 5.56 Å². The second-order valence-electron chi connectivity index (χ2n) is 7.02. The van der Waals surface area contributed by atoms with Crippen LogP contribution in [0.5, 0.6) is 0 Å². The summed E-state index contributed by atoms with van der Waals surface area (Å²) in [4.78, 5) is 0. The average molecular weight is 293 g/mol. The van der Waals surface area contributed by atoms with Gasteiger partial charge in [-0.15, -0.1) is 5.82 Å². The zero-order valence-electron chi connectivity index (χ0n) is 13.7. The summed E-state index contributed by atoms with van der Waals surface area (Å²) in [5, 5.41) is 0.301. The van der Waals surface area contributed by atoms with Crippen LogP contribution in [-0.2, 0) is 0 Å². The normalized spacial score (nSPS) is 14.9. The largest absolute Gasteiger partial charge is 0.434 e. The van der Waals surface area contributed by atoms with Crippen molar-refractivity contribution in [1.29, 1.82) is 0 Å². The first-order chi connectivity index (χ1) is 9.82. The van der Waals surface area contributed by atoms with E-state index < -0.39 is 8.24 Å². The maximum atomic E-state index is 3.44. The first-order valence-corrected chi connectivity index (χ1v) is 10.5. The average Bonchev–Trinajstić information content (AvgIpc) is 2.45. The summed E-state index contributed by atoms with van der Waals surface area (Å²) in [5.74, 6) is 8.96. The van der Waals surface area contributed by atoms with Crippen molar-refractivity contribution in [2.45, 2.75) is 38.9 Å². The van der Waals surface area contributed by atoms with E-state index in [2.05, 4.69) is 86.5 Å². The third-order valence-electron chi connectivity index (χ3n) is 4.57. The number of hydrogen-bond acceptors (Lipinski definition) is 1. The van der Waals surface area contributed by atoms with Crippen LogP contribution in [0.2, 0.25) is 18.1 Å². The van der Waals surface area contributed by atoms with E-state index in [0.29, 0.717) is 5.04 Å². The van der Waals surface area contributed by atoms with Gasteiger partial charge in [0.2, 0.25) is 0 Å². The van der Waals surface area contributed by atoms with Gasteiger partial charge in [-0.2, -0.15) is 0 Å². The van der Waals surface area contributed by atoms with Gasteiger partial charge in [0, 0.05) is 5.56 Å². The van der Waals surface area contributed by atoms with Crippen molar-refractivity contribution >= 4 is 15.1 Å². The number of allylic oxidation sites excluding steroid dienone is 2. The van der Waals surface area contributed by atoms with Gasteiger partial charge in [-0.05, 0) is 29.4 Å². The van der Waals surface area contributed by atoms with Gasteiger partial charge in [0.05, 0.1) is 0 Å². The molecule has 0 atom stereocenters. The van der Waals surface area contributed by atoms with E-state index >= 15 is 0 Å². The summed E-state index contributed by atoms with van der Waals surface area (Å²) in [5.41, 5.74) is 1.08. The second-order valence-corrected chi connectivity index (χ2v) is 12.2. The van der Waals surface area contributed by atoms with Crippen LogP contribution >= 0.6 is 0 Å². The molecule has 0 spiro atoms. The SMILES string of the molecule is CC(C)(C)[Si](C)(C)N1C=CC=CB1C#Cc1ccccc1. The molecule has 0 amide bonds. The minimum absolute atomic E-state index is 0.177. The molecular weight excluding hydrogens is 269 g/mol. The predicted octanol–water partition coefficient (Wildman–Crippen LogP) is 4.50. The van der Waals surface area contributed by atoms with Crippen molar-refractivity contribution in [3.8, 4) is 11.7 Å². The van der Waals surface area contributed by atoms with Gasteiger partial charge in [0.15, 0.2) is 0 Å². The van der Waals surface area contributed by atoms with E-state index in [1.165, 1.54) is 0 Å². The molecule has 3 heteroatoms. The quantitative estimate of drug-likeness (QED) is 0.544. The molecule has 1 nitrogen and oxygen atoms in total. The van der Waals surface area contributed by atoms with E-state index in [1.807, 2.05) is 18.2 Å². The topological polar surface area (TPSA) is 3.24 Å². The van der Waals surface area contributed by atoms with Crippen molar-refractivity contribution < 1.29 is 0 Å². The lowest BCUT2D eigenvalue weighted by atomic mass is 9.62. The standard InChI is InChI=1S/C18H24BNSi/c1-18(2,3)21(4,5)20-16-10-9-14-19(20)15-13-17-11-7-6-8-12-17/h6-12,14,16H,1-5H3. The van der Waals surface area contributed by atoms with Gasteiger partial charge >= 0.3 is 6.85 Å². The fourth-order valence-electron chi connectivity index (χ4n) is 2.22. The number of rotatable bonds is 1. The molecular formula is C18H24BNSi. The van der Waals surface area contributed by atoms with Crippen molar-refractivity contribution in [3.63, 3.8) is 0 Å². The number of hydrogen-bond donors (Lipinski definition) is 0. The molecule has 0 aromatic heterocycles. The fraction of sp³-hybridized carbons (Fsp3) is 0.333. The molecule has 21 heavy (non-hydrogen) atoms. The van der Waals surface area contributed by atoms with Gasteiger partial charge < -0.3 is 4.48 Å². The molecule has 0 bridgehead atoms. The smallest absolute Gasteiger partial charge is 0.360 e. The molecule has 0 fully saturated rings. The summed E-state index contributed by atoms with van der Waals surface area (Å²) in [6.45, 7) is 12.0. The molecule has 0 aliphatic carbocycles. The maximum Gasteiger partial charge on any atom is 0.360 e. The maximum absolute atomic E-state index is 3.44. The van der Waals surface area contributed by atoms with E-state index in [9.17, 15) is 0 Å². The van der Waals surface area contributed by atoms with Gasteiger partial charge in [-0.1, -0.05) is 70.0 Å². The van der Waals surface area contributed by atoms with Gasteiger partial charge in [-0.25, -0.2) is 0 Å². The van der Waals surface area contributed by atoms with E-state index in [4.69, 9.17) is 0 Å². The van der Waals surface area contributed by atoms with Crippen molar-refractivity contribution in [2.24, 2.45) is 0 Å². The Hall–Kier alpha value is -1.66. The highest BCUT2D eigenvalue weighted by molar-refractivity contribution is 6.90. The molecule has 108 valence electrons. The van der Waals surface area contributed by atoms with E-state index in [-0.39, 0.29) is 6.85 Å². The van der Waals surface area contributed by atoms with Crippen LogP contribution < -0.4 is 0 Å². The Balaban J connectivity index is 2.28. The van der Waals surface area contributed by atoms with Crippen LogP contribution in [0.15, 0.2) is 54.7 Å². The summed E-state index contributed by atoms with van der Waals surface area (Å²) >= 11 is 0. The van der Waals surface area contributed by atoms with Crippen molar-refractivity contribution in [2.75, 3.05) is 0 Å². The zero-order chi connectivity index (χ0) is 15.5. The highest BCUT2D eigenvalue weighted by atomic mass is 28.3. The Bertz CT molecular complexity index is 600. The minimum Gasteiger partial charge on any atom is -0.434 e. The van der Waals surface area contributed by atoms with Crippen LogP contribution in [0.25, 0.3) is 0 Å². The summed E-state index contributed by atoms with van der Waals surface area (Å²) < 4.78 is 2.50. The summed E-state index contributed by atoms with van der Waals surface area (Å²) in [6.07, 6.45) is 6.46. The molecule has 1 heterocycles. The monoisotopic (exact) mass is 293 g/mol. The molecule has 0 N–H and O–H groups in total. The fourth-order valence-corrected chi connectivity index (χ4v) is 4.29. The zero-order valence-corrected chi connectivity index (χ0v) is 14.7. The molecule has 0 unspecified atom stereocenters. The molecule has 0 saturated heterocycles. The Morgan fingerprint density at radius 3 is 2.33 bits per heavy atom. The van der Waals surface area contributed by atoms with Crippen LogP contribution in [0.4, 0.5) is 0 Å². The summed E-state index contributed by atoms with van der Waals surface area (Å²) in [7, 11) is -1.61. The number of nitrogens with zero attached hydrogens (tertiary/aromatic N) is 1. The predicted molar refractivity (Wildman–Crippen MR) is 96.4 cm³/mol. The van der Waals surface area contributed by atoms with E-state index in [1.54, 1.807) is 0 Å². The molecule has 0 radical (unpaired) electrons. The van der Waals surface area contributed by atoms with Gasteiger partial charge in [-0.3, -0.25) is 0 Å². The summed E-state index contributed by atoms with van der Waals surface area (Å²) in [6, 6.07) is 10.2. The first-order valence-electron chi connectivity index (χ1n) is 7.52. The molecule has 1 aromatic rings. The lowest BCUT2D eigenvalue weighted by molar-refractivity contribution is 0.654. The highest BCUT2D eigenvalue weighted by Gasteiger charge is 2.43. The number of benzene rings is 1. The molecule has 2 rings (SSSR count). The van der Waals surface area contributed by atoms with Crippen LogP contribution in [0.1, 0.15) is 26.3 Å². The first kappa shape index (κ1) is 15.7. The van der Waals surface area contributed by atoms with Crippen LogP contribution in [-0.4, -0.2) is 19.6 Å². The molecule has 0 saturated carbocycles.